The molecule has 1 unspecified atom stereocenters. The molecule has 1 aliphatic carbocycles. The number of hydrogen-bond donors (Lipinski definition) is 0. The van der Waals surface area contributed by atoms with Crippen LogP contribution in [0, 0.1) is 5.92 Å². The van der Waals surface area contributed by atoms with Crippen LogP contribution in [0.3, 0.4) is 0 Å². The number of sulfone groups is 1. The SMILES string of the molecule is CCC(=O)N1CCC(CC(=O)C(c2ccc3c(c2)CCN(C2=CC=C2)CC3)S(=O)(=O)c2ccccc2)CC1. The second-order valence-electron chi connectivity index (χ2n) is 10.6. The summed E-state index contributed by atoms with van der Waals surface area (Å²) in [7, 11) is -3.93. The van der Waals surface area contributed by atoms with Gasteiger partial charge in [-0.05, 0) is 72.6 Å². The molecular formula is C31H36N2O4S. The number of carbonyl (C=O) groups excluding carboxylic acids is 2. The Morgan fingerprint density at radius 3 is 2.26 bits per heavy atom. The molecule has 0 spiro atoms. The lowest BCUT2D eigenvalue weighted by atomic mass is 9.89. The van der Waals surface area contributed by atoms with Crippen molar-refractivity contribution in [3.8, 4) is 0 Å². The lowest BCUT2D eigenvalue weighted by Crippen LogP contribution is -2.39. The van der Waals surface area contributed by atoms with Gasteiger partial charge in [-0.15, -0.1) is 0 Å². The molecule has 2 aromatic rings. The Balaban J connectivity index is 1.40. The quantitative estimate of drug-likeness (QED) is 0.494. The zero-order valence-electron chi connectivity index (χ0n) is 22.0. The van der Waals surface area contributed by atoms with Crippen LogP contribution in [0.4, 0.5) is 0 Å². The van der Waals surface area contributed by atoms with Crippen molar-refractivity contribution in [2.24, 2.45) is 5.92 Å². The highest BCUT2D eigenvalue weighted by Crippen LogP contribution is 2.35. The first-order valence-electron chi connectivity index (χ1n) is 13.7. The number of rotatable bonds is 8. The van der Waals surface area contributed by atoms with Crippen molar-refractivity contribution >= 4 is 21.5 Å². The lowest BCUT2D eigenvalue weighted by molar-refractivity contribution is -0.132. The molecule has 5 rings (SSSR count). The number of Topliss-reactive ketones (excluding diaryl/α,β-unsaturated/α-hetero) is 1. The van der Waals surface area contributed by atoms with Gasteiger partial charge in [0.25, 0.3) is 0 Å². The number of piperidine rings is 1. The van der Waals surface area contributed by atoms with E-state index in [1.165, 1.54) is 11.3 Å². The number of amides is 1. The van der Waals surface area contributed by atoms with Crippen molar-refractivity contribution in [1.82, 2.24) is 9.80 Å². The van der Waals surface area contributed by atoms with Crippen LogP contribution in [0.25, 0.3) is 0 Å². The maximum atomic E-state index is 13.9. The van der Waals surface area contributed by atoms with E-state index >= 15 is 0 Å². The Morgan fingerprint density at radius 2 is 1.63 bits per heavy atom. The largest absolute Gasteiger partial charge is 0.371 e. The van der Waals surface area contributed by atoms with Crippen LogP contribution in [-0.4, -0.2) is 56.1 Å². The number of benzene rings is 2. The van der Waals surface area contributed by atoms with E-state index in [1.807, 2.05) is 36.1 Å². The van der Waals surface area contributed by atoms with Crippen LogP contribution >= 0.6 is 0 Å². The van der Waals surface area contributed by atoms with Crippen molar-refractivity contribution < 1.29 is 18.0 Å². The summed E-state index contributed by atoms with van der Waals surface area (Å²) < 4.78 is 27.8. The van der Waals surface area contributed by atoms with Gasteiger partial charge in [0, 0.05) is 44.7 Å². The monoisotopic (exact) mass is 532 g/mol. The second-order valence-corrected chi connectivity index (χ2v) is 12.6. The summed E-state index contributed by atoms with van der Waals surface area (Å²) in [6, 6.07) is 14.2. The van der Waals surface area contributed by atoms with E-state index in [9.17, 15) is 18.0 Å². The number of hydrogen-bond acceptors (Lipinski definition) is 5. The van der Waals surface area contributed by atoms with Gasteiger partial charge in [-0.1, -0.05) is 49.4 Å². The number of nitrogens with zero attached hydrogens (tertiary/aromatic N) is 2. The average Bonchev–Trinajstić information content (AvgIpc) is 3.10. The minimum absolute atomic E-state index is 0.0788. The Labute approximate surface area is 225 Å². The van der Waals surface area contributed by atoms with Crippen molar-refractivity contribution in [3.63, 3.8) is 0 Å². The molecule has 0 saturated carbocycles. The van der Waals surface area contributed by atoms with Crippen LogP contribution in [0.5, 0.6) is 0 Å². The molecule has 6 nitrogen and oxygen atoms in total. The predicted molar refractivity (Wildman–Crippen MR) is 148 cm³/mol. The summed E-state index contributed by atoms with van der Waals surface area (Å²) in [6.07, 6.45) is 10.1. The third kappa shape index (κ3) is 5.48. The predicted octanol–water partition coefficient (Wildman–Crippen LogP) is 4.66. The number of likely N-dealkylation sites (tertiary alicyclic amines) is 1. The van der Waals surface area contributed by atoms with Crippen molar-refractivity contribution in [1.29, 1.82) is 0 Å². The molecule has 1 saturated heterocycles. The Hall–Kier alpha value is -3.19. The maximum Gasteiger partial charge on any atom is 0.222 e. The molecule has 0 radical (unpaired) electrons. The van der Waals surface area contributed by atoms with E-state index in [0.717, 1.165) is 44.3 Å². The van der Waals surface area contributed by atoms with Gasteiger partial charge >= 0.3 is 0 Å². The highest BCUT2D eigenvalue weighted by Gasteiger charge is 2.37. The molecule has 7 heteroatoms. The molecule has 1 atom stereocenters. The number of carbonyl (C=O) groups is 2. The van der Waals surface area contributed by atoms with Gasteiger partial charge in [-0.3, -0.25) is 9.59 Å². The maximum absolute atomic E-state index is 13.9. The summed E-state index contributed by atoms with van der Waals surface area (Å²) in [4.78, 5) is 30.3. The topological polar surface area (TPSA) is 74.8 Å². The molecule has 0 aromatic heterocycles. The van der Waals surface area contributed by atoms with E-state index < -0.39 is 15.1 Å². The number of ketones is 1. The van der Waals surface area contributed by atoms with Gasteiger partial charge < -0.3 is 9.80 Å². The summed E-state index contributed by atoms with van der Waals surface area (Å²) >= 11 is 0. The summed E-state index contributed by atoms with van der Waals surface area (Å²) in [5, 5.41) is -1.23. The van der Waals surface area contributed by atoms with Crippen LogP contribution in [0.1, 0.15) is 54.5 Å². The summed E-state index contributed by atoms with van der Waals surface area (Å²) in [5.74, 6) is -0.0448. The second kappa shape index (κ2) is 11.3. The fourth-order valence-corrected chi connectivity index (χ4v) is 7.60. The van der Waals surface area contributed by atoms with Crippen LogP contribution in [0.2, 0.25) is 0 Å². The first kappa shape index (κ1) is 26.4. The Kier molecular flexibility index (Phi) is 7.84. The van der Waals surface area contributed by atoms with E-state index in [-0.39, 0.29) is 28.9 Å². The van der Waals surface area contributed by atoms with Crippen molar-refractivity contribution in [2.45, 2.75) is 55.6 Å². The van der Waals surface area contributed by atoms with E-state index in [0.29, 0.717) is 25.1 Å². The van der Waals surface area contributed by atoms with Crippen LogP contribution in [-0.2, 0) is 32.3 Å². The van der Waals surface area contributed by atoms with Gasteiger partial charge in [-0.2, -0.15) is 0 Å². The van der Waals surface area contributed by atoms with Crippen molar-refractivity contribution in [2.75, 3.05) is 26.2 Å². The molecule has 2 aliphatic heterocycles. The molecule has 2 heterocycles. The van der Waals surface area contributed by atoms with Crippen LogP contribution < -0.4 is 0 Å². The van der Waals surface area contributed by atoms with Crippen molar-refractivity contribution in [3.05, 3.63) is 89.1 Å². The molecule has 200 valence electrons. The molecule has 0 N–H and O–H groups in total. The summed E-state index contributed by atoms with van der Waals surface area (Å²) in [5.41, 5.74) is 4.15. The Bertz CT molecular complexity index is 1360. The molecule has 38 heavy (non-hydrogen) atoms. The average molecular weight is 533 g/mol. The number of fused-ring (bicyclic) bond motifs is 1. The molecule has 2 aromatic carbocycles. The van der Waals surface area contributed by atoms with Crippen LogP contribution in [0.15, 0.2) is 77.4 Å². The van der Waals surface area contributed by atoms with E-state index in [1.54, 1.807) is 30.3 Å². The highest BCUT2D eigenvalue weighted by molar-refractivity contribution is 7.92. The zero-order valence-corrected chi connectivity index (χ0v) is 22.8. The Morgan fingerprint density at radius 1 is 0.947 bits per heavy atom. The molecule has 1 amide bonds. The fourth-order valence-electron chi connectivity index (χ4n) is 5.85. The van der Waals surface area contributed by atoms with Gasteiger partial charge in [-0.25, -0.2) is 8.42 Å². The van der Waals surface area contributed by atoms with E-state index in [2.05, 4.69) is 17.1 Å². The molecular weight excluding hydrogens is 496 g/mol. The standard InChI is InChI=1S/C31H36N2O4S/c1-2-30(35)33-17-13-23(14-18-33)21-29(34)31(38(36,37)28-9-4-3-5-10-28)26-12-11-24-15-19-32(27-7-6-8-27)20-16-25(24)22-26/h3-12,22-23,31H,2,13-21H2,1H3. The van der Waals surface area contributed by atoms with E-state index in [4.69, 9.17) is 0 Å². The smallest absolute Gasteiger partial charge is 0.222 e. The molecule has 0 bridgehead atoms. The molecule has 3 aliphatic rings. The first-order valence-corrected chi connectivity index (χ1v) is 15.3. The molecule has 1 fully saturated rings. The fraction of sp³-hybridized carbons (Fsp3) is 0.419. The summed E-state index contributed by atoms with van der Waals surface area (Å²) in [6.45, 7) is 4.90. The zero-order chi connectivity index (χ0) is 26.7. The lowest BCUT2D eigenvalue weighted by Gasteiger charge is -2.32. The first-order chi connectivity index (χ1) is 18.4. The number of allylic oxidation sites excluding steroid dienone is 3. The van der Waals surface area contributed by atoms with Gasteiger partial charge in [0.2, 0.25) is 5.91 Å². The minimum Gasteiger partial charge on any atom is -0.371 e. The third-order valence-electron chi connectivity index (χ3n) is 8.17. The highest BCUT2D eigenvalue weighted by atomic mass is 32.2. The van der Waals surface area contributed by atoms with Gasteiger partial charge in [0.05, 0.1) is 4.90 Å². The third-order valence-corrected chi connectivity index (χ3v) is 10.3. The van der Waals surface area contributed by atoms with Gasteiger partial charge in [0.15, 0.2) is 15.6 Å². The normalized spacial score (nSPS) is 18.7. The van der Waals surface area contributed by atoms with Gasteiger partial charge in [0.1, 0.15) is 5.25 Å². The minimum atomic E-state index is -3.93.